The lowest BCUT2D eigenvalue weighted by atomic mass is 9.99. The number of aliphatic hydroxyl groups excluding tert-OH is 4. The fourth-order valence-electron chi connectivity index (χ4n) is 3.67. The lowest BCUT2D eigenvalue weighted by Crippen LogP contribution is -2.60. The highest BCUT2D eigenvalue weighted by Gasteiger charge is 2.30. The summed E-state index contributed by atoms with van der Waals surface area (Å²) < 4.78 is 0. The number of rotatable bonds is 20. The number of amides is 1. The second-order valence-electron chi connectivity index (χ2n) is 9.98. The first kappa shape index (κ1) is 33.1. The fraction of sp³-hybridized carbons (Fsp3) is 0.957. The van der Waals surface area contributed by atoms with Gasteiger partial charge in [0, 0.05) is 6.04 Å². The molecule has 0 aromatic rings. The molecule has 11 N–H and O–H groups in total. The van der Waals surface area contributed by atoms with Crippen LogP contribution in [0.15, 0.2) is 0 Å². The van der Waals surface area contributed by atoms with Gasteiger partial charge >= 0.3 is 0 Å². The molecule has 0 fully saturated rings. The van der Waals surface area contributed by atoms with Gasteiger partial charge in [-0.15, -0.1) is 0 Å². The van der Waals surface area contributed by atoms with Crippen LogP contribution < -0.4 is 32.3 Å². The first-order valence-electron chi connectivity index (χ1n) is 12.5. The third kappa shape index (κ3) is 15.2. The monoisotopic (exact) mass is 492 g/mol. The third-order valence-electron chi connectivity index (χ3n) is 5.48. The Bertz CT molecular complexity index is 526. The number of aliphatic hydroxyl groups is 4. The lowest BCUT2D eigenvalue weighted by molar-refractivity contribution is -0.127. The Labute approximate surface area is 205 Å². The number of nitrogens with one attached hydrogen (secondary N) is 5. The van der Waals surface area contributed by atoms with Gasteiger partial charge in [-0.1, -0.05) is 27.7 Å². The zero-order valence-corrected chi connectivity index (χ0v) is 21.9. The summed E-state index contributed by atoms with van der Waals surface area (Å²) in [6.45, 7) is 10.2. The Hall–Kier alpha value is -0.890. The van der Waals surface area contributed by atoms with Gasteiger partial charge in [0.2, 0.25) is 5.91 Å². The SMILES string of the molecule is CNC(O)C(CO)NC(=O)C(CC(C)C)NC(O)C(CC(C)C)NC(O)CCCCNC(C)N. The van der Waals surface area contributed by atoms with E-state index in [0.717, 1.165) is 19.4 Å². The Kier molecular flexibility index (Phi) is 17.9. The summed E-state index contributed by atoms with van der Waals surface area (Å²) in [7, 11) is 1.52. The van der Waals surface area contributed by atoms with E-state index >= 15 is 0 Å². The maximum absolute atomic E-state index is 12.9. The molecule has 0 aliphatic heterocycles. The fourth-order valence-corrected chi connectivity index (χ4v) is 3.67. The summed E-state index contributed by atoms with van der Waals surface area (Å²) in [5.41, 5.74) is 5.66. The van der Waals surface area contributed by atoms with E-state index in [-0.39, 0.29) is 18.0 Å². The molecule has 0 saturated carbocycles. The highest BCUT2D eigenvalue weighted by Crippen LogP contribution is 2.13. The Balaban J connectivity index is 5.10. The van der Waals surface area contributed by atoms with Crippen molar-refractivity contribution in [3.63, 3.8) is 0 Å². The van der Waals surface area contributed by atoms with Gasteiger partial charge in [-0.25, -0.2) is 0 Å². The molecular weight excluding hydrogens is 440 g/mol. The molecule has 1 amide bonds. The minimum atomic E-state index is -1.10. The topological polar surface area (TPSA) is 184 Å². The van der Waals surface area contributed by atoms with E-state index in [1.54, 1.807) is 0 Å². The van der Waals surface area contributed by atoms with E-state index < -0.39 is 49.3 Å². The molecule has 0 saturated heterocycles. The van der Waals surface area contributed by atoms with Gasteiger partial charge in [0.25, 0.3) is 0 Å². The number of likely N-dealkylation sites (N-methyl/N-ethyl adjacent to an activating group) is 1. The van der Waals surface area contributed by atoms with Crippen molar-refractivity contribution in [2.45, 2.75) is 110 Å². The summed E-state index contributed by atoms with van der Waals surface area (Å²) in [6.07, 6.45) is 0.170. The van der Waals surface area contributed by atoms with Crippen LogP contribution in [0.3, 0.4) is 0 Å². The van der Waals surface area contributed by atoms with Gasteiger partial charge in [0.05, 0.1) is 24.9 Å². The van der Waals surface area contributed by atoms with Crippen LogP contribution in [0.1, 0.15) is 66.7 Å². The van der Waals surface area contributed by atoms with Crippen molar-refractivity contribution in [3.05, 3.63) is 0 Å². The highest BCUT2D eigenvalue weighted by atomic mass is 16.3. The molecule has 7 unspecified atom stereocenters. The number of hydrogen-bond acceptors (Lipinski definition) is 10. The van der Waals surface area contributed by atoms with Crippen molar-refractivity contribution in [1.29, 1.82) is 0 Å². The molecule has 0 radical (unpaired) electrons. The second-order valence-corrected chi connectivity index (χ2v) is 9.98. The average molecular weight is 493 g/mol. The summed E-state index contributed by atoms with van der Waals surface area (Å²) in [5.74, 6) is -0.0194. The van der Waals surface area contributed by atoms with Gasteiger partial charge in [0.15, 0.2) is 0 Å². The van der Waals surface area contributed by atoms with Crippen LogP contribution in [0.2, 0.25) is 0 Å². The normalized spacial score (nSPS) is 18.4. The quantitative estimate of drug-likeness (QED) is 0.0724. The number of nitrogens with two attached hydrogens (primary N) is 1. The molecule has 11 nitrogen and oxygen atoms in total. The van der Waals surface area contributed by atoms with Gasteiger partial charge in [0.1, 0.15) is 18.7 Å². The van der Waals surface area contributed by atoms with Crippen molar-refractivity contribution in [2.24, 2.45) is 17.6 Å². The number of carbonyl (C=O) groups excluding carboxylic acids is 1. The maximum atomic E-state index is 12.9. The molecule has 0 heterocycles. The molecule has 34 heavy (non-hydrogen) atoms. The van der Waals surface area contributed by atoms with E-state index in [0.29, 0.717) is 19.3 Å². The molecular formula is C23H52N6O5. The van der Waals surface area contributed by atoms with Crippen molar-refractivity contribution >= 4 is 5.91 Å². The molecule has 0 aliphatic carbocycles. The first-order valence-corrected chi connectivity index (χ1v) is 12.5. The zero-order chi connectivity index (χ0) is 26.3. The van der Waals surface area contributed by atoms with E-state index in [2.05, 4.69) is 26.6 Å². The van der Waals surface area contributed by atoms with Crippen LogP contribution in [0.4, 0.5) is 0 Å². The van der Waals surface area contributed by atoms with Crippen LogP contribution in [0, 0.1) is 11.8 Å². The van der Waals surface area contributed by atoms with Crippen molar-refractivity contribution in [1.82, 2.24) is 26.6 Å². The zero-order valence-electron chi connectivity index (χ0n) is 21.9. The van der Waals surface area contributed by atoms with Crippen LogP contribution >= 0.6 is 0 Å². The third-order valence-corrected chi connectivity index (χ3v) is 5.48. The largest absolute Gasteiger partial charge is 0.394 e. The number of carbonyl (C=O) groups is 1. The Morgan fingerprint density at radius 2 is 1.50 bits per heavy atom. The summed E-state index contributed by atoms with van der Waals surface area (Å²) in [6, 6.07) is -2.10. The molecule has 0 bridgehead atoms. The summed E-state index contributed by atoms with van der Waals surface area (Å²) in [5, 5.41) is 55.3. The van der Waals surface area contributed by atoms with E-state index in [4.69, 9.17) is 5.73 Å². The second kappa shape index (κ2) is 18.4. The van der Waals surface area contributed by atoms with E-state index in [9.17, 15) is 25.2 Å². The predicted octanol–water partition coefficient (Wildman–Crippen LogP) is -1.29. The smallest absolute Gasteiger partial charge is 0.237 e. The Morgan fingerprint density at radius 3 is 2.00 bits per heavy atom. The van der Waals surface area contributed by atoms with Crippen molar-refractivity contribution in [3.8, 4) is 0 Å². The van der Waals surface area contributed by atoms with Gasteiger partial charge in [-0.3, -0.25) is 20.7 Å². The predicted molar refractivity (Wildman–Crippen MR) is 134 cm³/mol. The minimum absolute atomic E-state index is 0.0650. The number of hydrogen-bond donors (Lipinski definition) is 10. The maximum Gasteiger partial charge on any atom is 0.237 e. The lowest BCUT2D eigenvalue weighted by Gasteiger charge is -2.32. The molecule has 7 atom stereocenters. The number of unbranched alkanes of at least 4 members (excludes halogenated alkanes) is 1. The summed E-state index contributed by atoms with van der Waals surface area (Å²) >= 11 is 0. The highest BCUT2D eigenvalue weighted by molar-refractivity contribution is 5.82. The first-order chi connectivity index (χ1) is 15.9. The minimum Gasteiger partial charge on any atom is -0.394 e. The average Bonchev–Trinajstić information content (AvgIpc) is 2.74. The van der Waals surface area contributed by atoms with Crippen LogP contribution in [0.5, 0.6) is 0 Å². The Morgan fingerprint density at radius 1 is 0.882 bits per heavy atom. The van der Waals surface area contributed by atoms with Gasteiger partial charge in [-0.2, -0.15) is 0 Å². The van der Waals surface area contributed by atoms with Gasteiger partial charge < -0.3 is 36.8 Å². The standard InChI is InChI=1S/C23H52N6O5/c1-14(2)11-17(27-20(31)9-7-8-10-26-16(5)24)22(33)28-18(12-15(3)4)23(34)29-19(13-30)21(32)25-6/h14-22,25-28,30-33H,7-13,24H2,1-6H3,(H,29,34). The molecule has 0 aromatic heterocycles. The van der Waals surface area contributed by atoms with Gasteiger partial charge in [-0.05, 0) is 64.5 Å². The van der Waals surface area contributed by atoms with Crippen LogP contribution in [-0.2, 0) is 4.79 Å². The van der Waals surface area contributed by atoms with Crippen LogP contribution in [-0.4, -0.2) is 89.5 Å². The van der Waals surface area contributed by atoms with Crippen LogP contribution in [0.25, 0.3) is 0 Å². The molecule has 0 aliphatic rings. The van der Waals surface area contributed by atoms with E-state index in [1.807, 2.05) is 34.6 Å². The molecule has 0 rings (SSSR count). The molecule has 0 spiro atoms. The van der Waals surface area contributed by atoms with E-state index in [1.165, 1.54) is 7.05 Å². The van der Waals surface area contributed by atoms with Crippen molar-refractivity contribution < 1.29 is 25.2 Å². The molecule has 204 valence electrons. The molecule has 11 heteroatoms. The molecule has 0 aromatic carbocycles. The summed E-state index contributed by atoms with van der Waals surface area (Å²) in [4.78, 5) is 12.9. The van der Waals surface area contributed by atoms with Crippen molar-refractivity contribution in [2.75, 3.05) is 20.2 Å².